The van der Waals surface area contributed by atoms with Crippen molar-refractivity contribution in [2.75, 3.05) is 11.1 Å². The molecule has 0 aliphatic carbocycles. The van der Waals surface area contributed by atoms with Gasteiger partial charge < -0.3 is 11.1 Å². The summed E-state index contributed by atoms with van der Waals surface area (Å²) in [5.74, 6) is 0.734. The van der Waals surface area contributed by atoms with Crippen molar-refractivity contribution in [1.82, 2.24) is 4.98 Å². The topological polar surface area (TPSA) is 50.9 Å². The van der Waals surface area contributed by atoms with Gasteiger partial charge in [0.05, 0.1) is 12.2 Å². The Morgan fingerprint density at radius 1 is 1.47 bits per heavy atom. The second-order valence-corrected chi connectivity index (χ2v) is 4.84. The number of rotatable bonds is 3. The summed E-state index contributed by atoms with van der Waals surface area (Å²) in [5, 5.41) is 5.24. The number of nitrogens with one attached hydrogen (secondary N) is 1. The predicted octanol–water partition coefficient (Wildman–Crippen LogP) is 3.10. The summed E-state index contributed by atoms with van der Waals surface area (Å²) in [6.07, 6.45) is 1.72. The molecule has 15 heavy (non-hydrogen) atoms. The highest BCUT2D eigenvalue weighted by Crippen LogP contribution is 2.24. The van der Waals surface area contributed by atoms with E-state index in [0.29, 0.717) is 5.69 Å². The SMILES string of the molecule is Nc1cccnc1NCc1sccc1Br. The van der Waals surface area contributed by atoms with Gasteiger partial charge in [-0.15, -0.1) is 11.3 Å². The quantitative estimate of drug-likeness (QED) is 0.910. The average Bonchev–Trinajstić information content (AvgIpc) is 2.63. The number of nitrogens with two attached hydrogens (primary N) is 1. The fourth-order valence-corrected chi connectivity index (χ4v) is 2.61. The van der Waals surface area contributed by atoms with E-state index in [1.165, 1.54) is 4.88 Å². The molecule has 0 amide bonds. The highest BCUT2D eigenvalue weighted by Gasteiger charge is 2.02. The molecule has 0 aliphatic heterocycles. The zero-order valence-corrected chi connectivity index (χ0v) is 10.3. The van der Waals surface area contributed by atoms with Crippen molar-refractivity contribution in [1.29, 1.82) is 0 Å². The number of thiophene rings is 1. The molecule has 3 N–H and O–H groups in total. The molecular formula is C10H10BrN3S. The lowest BCUT2D eigenvalue weighted by atomic mass is 10.4. The van der Waals surface area contributed by atoms with Crippen LogP contribution in [0.5, 0.6) is 0 Å². The lowest BCUT2D eigenvalue weighted by molar-refractivity contribution is 1.14. The summed E-state index contributed by atoms with van der Waals surface area (Å²) in [6.45, 7) is 0.736. The first-order chi connectivity index (χ1) is 7.27. The van der Waals surface area contributed by atoms with Crippen LogP contribution >= 0.6 is 27.3 Å². The van der Waals surface area contributed by atoms with Gasteiger partial charge in [0.25, 0.3) is 0 Å². The van der Waals surface area contributed by atoms with E-state index in [0.717, 1.165) is 16.8 Å². The van der Waals surface area contributed by atoms with Crippen molar-refractivity contribution < 1.29 is 0 Å². The maximum Gasteiger partial charge on any atom is 0.149 e. The monoisotopic (exact) mass is 283 g/mol. The molecule has 78 valence electrons. The van der Waals surface area contributed by atoms with Gasteiger partial charge in [-0.2, -0.15) is 0 Å². The van der Waals surface area contributed by atoms with E-state index in [1.807, 2.05) is 23.6 Å². The van der Waals surface area contributed by atoms with Gasteiger partial charge in [0.2, 0.25) is 0 Å². The maximum absolute atomic E-state index is 5.76. The van der Waals surface area contributed by atoms with E-state index in [9.17, 15) is 0 Å². The Bertz CT molecular complexity index is 455. The summed E-state index contributed by atoms with van der Waals surface area (Å²) >= 11 is 5.17. The normalized spacial score (nSPS) is 10.2. The zero-order valence-electron chi connectivity index (χ0n) is 7.90. The minimum absolute atomic E-state index is 0.671. The van der Waals surface area contributed by atoms with Crippen LogP contribution in [0.3, 0.4) is 0 Å². The van der Waals surface area contributed by atoms with Crippen LogP contribution in [0.4, 0.5) is 11.5 Å². The number of anilines is 2. The molecule has 0 aliphatic rings. The molecule has 0 atom stereocenters. The van der Waals surface area contributed by atoms with E-state index >= 15 is 0 Å². The number of pyridine rings is 1. The second-order valence-electron chi connectivity index (χ2n) is 2.99. The van der Waals surface area contributed by atoms with Crippen LogP contribution in [0.2, 0.25) is 0 Å². The molecule has 2 rings (SSSR count). The van der Waals surface area contributed by atoms with Crippen molar-refractivity contribution in [3.63, 3.8) is 0 Å². The van der Waals surface area contributed by atoms with Gasteiger partial charge >= 0.3 is 0 Å². The standard InChI is InChI=1S/C10H10BrN3S/c11-7-3-5-15-9(7)6-14-10-8(12)2-1-4-13-10/h1-5H,6,12H2,(H,13,14). The van der Waals surface area contributed by atoms with Gasteiger partial charge in [0, 0.05) is 15.5 Å². The van der Waals surface area contributed by atoms with Crippen LogP contribution in [0.15, 0.2) is 34.2 Å². The van der Waals surface area contributed by atoms with E-state index in [4.69, 9.17) is 5.73 Å². The van der Waals surface area contributed by atoms with Crippen molar-refractivity contribution >= 4 is 38.8 Å². The minimum Gasteiger partial charge on any atom is -0.396 e. The third kappa shape index (κ3) is 2.49. The highest BCUT2D eigenvalue weighted by molar-refractivity contribution is 9.10. The Hall–Kier alpha value is -1.07. The van der Waals surface area contributed by atoms with Gasteiger partial charge in [0.1, 0.15) is 5.82 Å². The third-order valence-electron chi connectivity index (χ3n) is 1.95. The molecule has 0 aromatic carbocycles. The van der Waals surface area contributed by atoms with Gasteiger partial charge in [-0.25, -0.2) is 4.98 Å². The fraction of sp³-hybridized carbons (Fsp3) is 0.100. The highest BCUT2D eigenvalue weighted by atomic mass is 79.9. The number of hydrogen-bond acceptors (Lipinski definition) is 4. The summed E-state index contributed by atoms with van der Waals surface area (Å²) in [5.41, 5.74) is 6.44. The fourth-order valence-electron chi connectivity index (χ4n) is 1.18. The molecule has 0 saturated carbocycles. The van der Waals surface area contributed by atoms with Gasteiger partial charge in [-0.3, -0.25) is 0 Å². The average molecular weight is 284 g/mol. The summed E-state index contributed by atoms with van der Waals surface area (Å²) in [7, 11) is 0. The van der Waals surface area contributed by atoms with Gasteiger partial charge in [-0.1, -0.05) is 0 Å². The van der Waals surface area contributed by atoms with Crippen molar-refractivity contribution in [2.45, 2.75) is 6.54 Å². The smallest absolute Gasteiger partial charge is 0.149 e. The molecule has 0 unspecified atom stereocenters. The van der Waals surface area contributed by atoms with Gasteiger partial charge in [-0.05, 0) is 39.5 Å². The predicted molar refractivity (Wildman–Crippen MR) is 68.0 cm³/mol. The number of nitrogens with zero attached hydrogens (tertiary/aromatic N) is 1. The molecule has 0 spiro atoms. The zero-order chi connectivity index (χ0) is 10.7. The maximum atomic E-state index is 5.76. The van der Waals surface area contributed by atoms with Crippen molar-refractivity contribution in [3.8, 4) is 0 Å². The third-order valence-corrected chi connectivity index (χ3v) is 3.87. The Balaban J connectivity index is 2.06. The van der Waals surface area contributed by atoms with E-state index in [-0.39, 0.29) is 0 Å². The van der Waals surface area contributed by atoms with Crippen molar-refractivity contribution in [3.05, 3.63) is 39.1 Å². The molecular weight excluding hydrogens is 274 g/mol. The summed E-state index contributed by atoms with van der Waals surface area (Å²) in [6, 6.07) is 5.68. The van der Waals surface area contributed by atoms with Crippen LogP contribution in [0.25, 0.3) is 0 Å². The Labute approximate surface area is 100 Å². The molecule has 0 saturated heterocycles. The minimum atomic E-state index is 0.671. The first-order valence-electron chi connectivity index (χ1n) is 4.43. The summed E-state index contributed by atoms with van der Waals surface area (Å²) in [4.78, 5) is 5.40. The Kier molecular flexibility index (Phi) is 3.23. The number of hydrogen-bond donors (Lipinski definition) is 2. The molecule has 0 fully saturated rings. The van der Waals surface area contributed by atoms with Gasteiger partial charge in [0.15, 0.2) is 0 Å². The molecule has 5 heteroatoms. The number of halogens is 1. The van der Waals surface area contributed by atoms with E-state index in [1.54, 1.807) is 17.5 Å². The molecule has 2 heterocycles. The number of nitrogen functional groups attached to an aromatic ring is 1. The van der Waals surface area contributed by atoms with Crippen LogP contribution in [0.1, 0.15) is 4.88 Å². The number of aromatic nitrogens is 1. The van der Waals surface area contributed by atoms with Crippen LogP contribution in [-0.2, 0) is 6.54 Å². The molecule has 2 aromatic heterocycles. The largest absolute Gasteiger partial charge is 0.396 e. The first kappa shape index (κ1) is 10.4. The van der Waals surface area contributed by atoms with Crippen molar-refractivity contribution in [2.24, 2.45) is 0 Å². The van der Waals surface area contributed by atoms with E-state index in [2.05, 4.69) is 26.2 Å². The second kappa shape index (κ2) is 4.63. The van der Waals surface area contributed by atoms with Crippen LogP contribution in [0, 0.1) is 0 Å². The first-order valence-corrected chi connectivity index (χ1v) is 6.11. The van der Waals surface area contributed by atoms with E-state index < -0.39 is 0 Å². The van der Waals surface area contributed by atoms with Crippen LogP contribution < -0.4 is 11.1 Å². The molecule has 3 nitrogen and oxygen atoms in total. The summed E-state index contributed by atoms with van der Waals surface area (Å²) < 4.78 is 1.12. The Morgan fingerprint density at radius 2 is 2.33 bits per heavy atom. The Morgan fingerprint density at radius 3 is 3.00 bits per heavy atom. The molecule has 2 aromatic rings. The van der Waals surface area contributed by atoms with Crippen LogP contribution in [-0.4, -0.2) is 4.98 Å². The molecule has 0 radical (unpaired) electrons. The lowest BCUT2D eigenvalue weighted by Gasteiger charge is -2.06. The lowest BCUT2D eigenvalue weighted by Crippen LogP contribution is -2.03. The molecule has 0 bridgehead atoms.